The summed E-state index contributed by atoms with van der Waals surface area (Å²) in [6, 6.07) is 0. The summed E-state index contributed by atoms with van der Waals surface area (Å²) in [6.07, 6.45) is 6.20. The molecule has 14 heavy (non-hydrogen) atoms. The van der Waals surface area contributed by atoms with Gasteiger partial charge in [-0.05, 0) is 24.7 Å². The molecule has 0 saturated heterocycles. The van der Waals surface area contributed by atoms with Crippen LogP contribution in [0.3, 0.4) is 0 Å². The van der Waals surface area contributed by atoms with E-state index >= 15 is 0 Å². The minimum absolute atomic E-state index is 0.160. The molecule has 0 aliphatic heterocycles. The Hall–Kier alpha value is -0.660. The average molecular weight is 196 g/mol. The van der Waals surface area contributed by atoms with Crippen molar-refractivity contribution in [3.63, 3.8) is 0 Å². The highest BCUT2D eigenvalue weighted by atomic mass is 16.1. The van der Waals surface area contributed by atoms with Crippen molar-refractivity contribution in [2.45, 2.75) is 39.5 Å². The fourth-order valence-corrected chi connectivity index (χ4v) is 2.40. The molecule has 80 valence electrons. The summed E-state index contributed by atoms with van der Waals surface area (Å²) in [5.41, 5.74) is 0. The Morgan fingerprint density at radius 3 is 2.14 bits per heavy atom. The maximum atomic E-state index is 10.9. The molecule has 4 unspecified atom stereocenters. The molecule has 0 aromatic carbocycles. The SMILES string of the molecule is CC1CC(C=O)C(C)CCCC1C=O. The first kappa shape index (κ1) is 11.4. The first-order valence-electron chi connectivity index (χ1n) is 5.59. The second kappa shape index (κ2) is 5.28. The first-order chi connectivity index (χ1) is 6.69. The van der Waals surface area contributed by atoms with Crippen molar-refractivity contribution in [1.82, 2.24) is 0 Å². The second-order valence-electron chi connectivity index (χ2n) is 4.72. The Bertz CT molecular complexity index is 200. The summed E-state index contributed by atoms with van der Waals surface area (Å²) in [7, 11) is 0. The molecule has 1 aliphatic rings. The predicted molar refractivity (Wildman–Crippen MR) is 55.9 cm³/mol. The van der Waals surface area contributed by atoms with Crippen LogP contribution < -0.4 is 0 Å². The third-order valence-corrected chi connectivity index (χ3v) is 3.65. The van der Waals surface area contributed by atoms with Gasteiger partial charge in [-0.3, -0.25) is 0 Å². The Labute approximate surface area is 86.1 Å². The molecule has 0 N–H and O–H groups in total. The van der Waals surface area contributed by atoms with Crippen molar-refractivity contribution in [1.29, 1.82) is 0 Å². The molecule has 0 aromatic rings. The molecule has 2 nitrogen and oxygen atoms in total. The van der Waals surface area contributed by atoms with E-state index in [1.54, 1.807) is 0 Å². The van der Waals surface area contributed by atoms with Gasteiger partial charge in [-0.2, -0.15) is 0 Å². The van der Waals surface area contributed by atoms with Crippen molar-refractivity contribution in [2.75, 3.05) is 0 Å². The summed E-state index contributed by atoms with van der Waals surface area (Å²) >= 11 is 0. The number of carbonyl (C=O) groups is 2. The highest BCUT2D eigenvalue weighted by Gasteiger charge is 2.26. The summed E-state index contributed by atoms with van der Waals surface area (Å²) < 4.78 is 0. The van der Waals surface area contributed by atoms with Crippen LogP contribution >= 0.6 is 0 Å². The molecule has 1 saturated carbocycles. The van der Waals surface area contributed by atoms with E-state index in [0.717, 1.165) is 38.3 Å². The van der Waals surface area contributed by atoms with Crippen LogP contribution in [-0.2, 0) is 9.59 Å². The van der Waals surface area contributed by atoms with Gasteiger partial charge in [0.05, 0.1) is 0 Å². The van der Waals surface area contributed by atoms with E-state index in [1.807, 2.05) is 0 Å². The van der Waals surface area contributed by atoms with E-state index in [2.05, 4.69) is 13.8 Å². The van der Waals surface area contributed by atoms with Gasteiger partial charge < -0.3 is 9.59 Å². The van der Waals surface area contributed by atoms with Crippen LogP contribution in [0.15, 0.2) is 0 Å². The topological polar surface area (TPSA) is 34.1 Å². The maximum Gasteiger partial charge on any atom is 0.123 e. The van der Waals surface area contributed by atoms with E-state index in [0.29, 0.717) is 11.8 Å². The fraction of sp³-hybridized carbons (Fsp3) is 0.833. The molecule has 4 atom stereocenters. The molecular formula is C12H20O2. The van der Waals surface area contributed by atoms with Gasteiger partial charge in [0.2, 0.25) is 0 Å². The highest BCUT2D eigenvalue weighted by molar-refractivity contribution is 5.56. The number of hydrogen-bond acceptors (Lipinski definition) is 2. The minimum Gasteiger partial charge on any atom is -0.303 e. The Balaban J connectivity index is 2.64. The molecule has 0 heterocycles. The van der Waals surface area contributed by atoms with E-state index in [-0.39, 0.29) is 11.8 Å². The van der Waals surface area contributed by atoms with Crippen molar-refractivity contribution in [2.24, 2.45) is 23.7 Å². The number of hydrogen-bond donors (Lipinski definition) is 0. The smallest absolute Gasteiger partial charge is 0.123 e. The lowest BCUT2D eigenvalue weighted by Gasteiger charge is -2.28. The van der Waals surface area contributed by atoms with Gasteiger partial charge in [-0.25, -0.2) is 0 Å². The largest absolute Gasteiger partial charge is 0.303 e. The summed E-state index contributed by atoms with van der Waals surface area (Å²) in [4.78, 5) is 21.7. The van der Waals surface area contributed by atoms with Crippen LogP contribution in [0, 0.1) is 23.7 Å². The Morgan fingerprint density at radius 1 is 0.929 bits per heavy atom. The van der Waals surface area contributed by atoms with E-state index in [1.165, 1.54) is 0 Å². The zero-order valence-corrected chi connectivity index (χ0v) is 9.11. The molecule has 0 spiro atoms. The molecule has 1 rings (SSSR count). The lowest BCUT2D eigenvalue weighted by Crippen LogP contribution is -2.24. The van der Waals surface area contributed by atoms with Gasteiger partial charge in [-0.1, -0.05) is 26.7 Å². The number of aldehydes is 2. The van der Waals surface area contributed by atoms with E-state index < -0.39 is 0 Å². The van der Waals surface area contributed by atoms with Crippen molar-refractivity contribution in [3.8, 4) is 0 Å². The molecular weight excluding hydrogens is 176 g/mol. The van der Waals surface area contributed by atoms with E-state index in [4.69, 9.17) is 0 Å². The fourth-order valence-electron chi connectivity index (χ4n) is 2.40. The average Bonchev–Trinajstić information content (AvgIpc) is 2.18. The zero-order valence-electron chi connectivity index (χ0n) is 9.11. The molecule has 0 radical (unpaired) electrons. The third-order valence-electron chi connectivity index (χ3n) is 3.65. The standard InChI is InChI=1S/C12H20O2/c1-9-4-3-5-11(7-13)10(2)6-12(9)8-14/h7-12H,3-6H2,1-2H3. The molecule has 1 fully saturated rings. The van der Waals surface area contributed by atoms with Crippen LogP contribution in [0.1, 0.15) is 39.5 Å². The number of carbonyl (C=O) groups excluding carboxylic acids is 2. The second-order valence-corrected chi connectivity index (χ2v) is 4.72. The normalized spacial score (nSPS) is 39.6. The lowest BCUT2D eigenvalue weighted by atomic mass is 9.75. The van der Waals surface area contributed by atoms with E-state index in [9.17, 15) is 9.59 Å². The Morgan fingerprint density at radius 2 is 1.57 bits per heavy atom. The van der Waals surface area contributed by atoms with Gasteiger partial charge in [0, 0.05) is 11.8 Å². The third kappa shape index (κ3) is 2.66. The van der Waals surface area contributed by atoms with Crippen LogP contribution in [0.4, 0.5) is 0 Å². The van der Waals surface area contributed by atoms with Crippen LogP contribution in [0.5, 0.6) is 0 Å². The number of rotatable bonds is 2. The molecule has 0 bridgehead atoms. The Kier molecular flexibility index (Phi) is 4.30. The monoisotopic (exact) mass is 196 g/mol. The molecule has 0 amide bonds. The highest BCUT2D eigenvalue weighted by Crippen LogP contribution is 2.32. The summed E-state index contributed by atoms with van der Waals surface area (Å²) in [6.45, 7) is 4.24. The van der Waals surface area contributed by atoms with Crippen molar-refractivity contribution in [3.05, 3.63) is 0 Å². The zero-order chi connectivity index (χ0) is 10.6. The van der Waals surface area contributed by atoms with Gasteiger partial charge in [0.1, 0.15) is 12.6 Å². The van der Waals surface area contributed by atoms with Crippen LogP contribution in [-0.4, -0.2) is 12.6 Å². The minimum atomic E-state index is 0.160. The molecule has 0 aromatic heterocycles. The van der Waals surface area contributed by atoms with Gasteiger partial charge in [0.25, 0.3) is 0 Å². The lowest BCUT2D eigenvalue weighted by molar-refractivity contribution is -0.116. The van der Waals surface area contributed by atoms with Gasteiger partial charge in [-0.15, -0.1) is 0 Å². The van der Waals surface area contributed by atoms with Crippen molar-refractivity contribution >= 4 is 12.6 Å². The van der Waals surface area contributed by atoms with Crippen molar-refractivity contribution < 1.29 is 9.59 Å². The molecule has 2 heteroatoms. The molecule has 1 aliphatic carbocycles. The van der Waals surface area contributed by atoms with Crippen LogP contribution in [0.25, 0.3) is 0 Å². The quantitative estimate of drug-likeness (QED) is 0.636. The van der Waals surface area contributed by atoms with Gasteiger partial charge in [0.15, 0.2) is 0 Å². The first-order valence-corrected chi connectivity index (χ1v) is 5.59. The van der Waals surface area contributed by atoms with Crippen LogP contribution in [0.2, 0.25) is 0 Å². The van der Waals surface area contributed by atoms with Gasteiger partial charge >= 0.3 is 0 Å². The summed E-state index contributed by atoms with van der Waals surface area (Å²) in [5.74, 6) is 1.19. The summed E-state index contributed by atoms with van der Waals surface area (Å²) in [5, 5.41) is 0. The maximum absolute atomic E-state index is 10.9. The predicted octanol–water partition coefficient (Wildman–Crippen LogP) is 2.46.